The average Bonchev–Trinajstić information content (AvgIpc) is 2.94. The Kier molecular flexibility index (Phi) is 6.70. The van der Waals surface area contributed by atoms with E-state index in [9.17, 15) is 14.4 Å². The second-order valence-electron chi connectivity index (χ2n) is 6.51. The third kappa shape index (κ3) is 5.02. The molecule has 2 unspecified atom stereocenters. The first-order chi connectivity index (χ1) is 12.3. The van der Waals surface area contributed by atoms with Gasteiger partial charge in [0, 0.05) is 32.2 Å². The predicted octanol–water partition coefficient (Wildman–Crippen LogP) is -0.517. The maximum atomic E-state index is 12.1. The number of nitrogens with one attached hydrogen (secondary N) is 4. The number of anilines is 1. The van der Waals surface area contributed by atoms with E-state index >= 15 is 0 Å². The average molecular weight is 366 g/mol. The predicted molar refractivity (Wildman–Crippen MR) is 94.0 cm³/mol. The Morgan fingerprint density at radius 1 is 1.42 bits per heavy atom. The molecule has 1 aromatic rings. The van der Waals surface area contributed by atoms with Crippen molar-refractivity contribution in [2.75, 3.05) is 25.6 Å². The molecule has 1 fully saturated rings. The summed E-state index contributed by atoms with van der Waals surface area (Å²) >= 11 is 0. The molecule has 0 saturated carbocycles. The Hall–Kier alpha value is -2.46. The van der Waals surface area contributed by atoms with E-state index in [0.29, 0.717) is 24.5 Å². The summed E-state index contributed by atoms with van der Waals surface area (Å²) in [5, 5.41) is 15.4. The molecule has 3 amide bonds. The maximum absolute atomic E-state index is 12.1. The summed E-state index contributed by atoms with van der Waals surface area (Å²) in [4.78, 5) is 35.9. The van der Waals surface area contributed by atoms with Crippen LogP contribution in [0.4, 0.5) is 5.82 Å². The van der Waals surface area contributed by atoms with Crippen molar-refractivity contribution in [1.82, 2.24) is 25.7 Å². The van der Waals surface area contributed by atoms with Crippen LogP contribution in [0.5, 0.6) is 0 Å². The van der Waals surface area contributed by atoms with E-state index in [1.807, 2.05) is 13.8 Å². The van der Waals surface area contributed by atoms with Gasteiger partial charge in [0.05, 0.1) is 12.3 Å². The molecule has 1 aliphatic heterocycles. The highest BCUT2D eigenvalue weighted by atomic mass is 16.5. The fourth-order valence-corrected chi connectivity index (χ4v) is 2.60. The number of aryl methyl sites for hydroxylation is 1. The minimum Gasteiger partial charge on any atom is -0.383 e. The molecule has 0 bridgehead atoms. The first-order valence-electron chi connectivity index (χ1n) is 8.51. The lowest BCUT2D eigenvalue weighted by molar-refractivity contribution is -0.136. The zero-order chi connectivity index (χ0) is 19.3. The fourth-order valence-electron chi connectivity index (χ4n) is 2.60. The van der Waals surface area contributed by atoms with Crippen molar-refractivity contribution in [2.45, 2.75) is 39.5 Å². The van der Waals surface area contributed by atoms with E-state index in [2.05, 4.69) is 26.4 Å². The summed E-state index contributed by atoms with van der Waals surface area (Å²) in [6, 6.07) is 1.62. The Morgan fingerprint density at radius 3 is 2.81 bits per heavy atom. The minimum absolute atomic E-state index is 0.0147. The molecule has 0 aromatic carbocycles. The number of aromatic nitrogens is 2. The van der Waals surface area contributed by atoms with Crippen LogP contribution in [-0.4, -0.2) is 53.8 Å². The largest absolute Gasteiger partial charge is 0.383 e. The second kappa shape index (κ2) is 8.77. The van der Waals surface area contributed by atoms with Crippen molar-refractivity contribution >= 4 is 23.5 Å². The van der Waals surface area contributed by atoms with E-state index < -0.39 is 18.1 Å². The molecule has 1 aliphatic rings. The van der Waals surface area contributed by atoms with Crippen LogP contribution in [-0.2, 0) is 19.1 Å². The van der Waals surface area contributed by atoms with Gasteiger partial charge in [-0.1, -0.05) is 13.8 Å². The molecule has 26 heavy (non-hydrogen) atoms. The van der Waals surface area contributed by atoms with Crippen molar-refractivity contribution < 1.29 is 19.1 Å². The van der Waals surface area contributed by atoms with Crippen LogP contribution in [0.3, 0.4) is 0 Å². The number of ether oxygens (including phenoxy) is 1. The van der Waals surface area contributed by atoms with Crippen molar-refractivity contribution in [3.63, 3.8) is 0 Å². The summed E-state index contributed by atoms with van der Waals surface area (Å²) in [6.45, 7) is 6.35. The minimum atomic E-state index is -0.815. The number of hydrogen-bond donors (Lipinski definition) is 4. The van der Waals surface area contributed by atoms with Crippen molar-refractivity contribution in [3.05, 3.63) is 11.8 Å². The smallest absolute Gasteiger partial charge is 0.314 e. The monoisotopic (exact) mass is 366 g/mol. The number of methoxy groups -OCH3 is 1. The highest BCUT2D eigenvalue weighted by Crippen LogP contribution is 2.19. The van der Waals surface area contributed by atoms with Crippen LogP contribution in [0.1, 0.15) is 32.3 Å². The van der Waals surface area contributed by atoms with E-state index in [1.54, 1.807) is 13.0 Å². The van der Waals surface area contributed by atoms with Crippen LogP contribution in [0, 0.1) is 12.8 Å². The van der Waals surface area contributed by atoms with Crippen LogP contribution in [0.25, 0.3) is 0 Å². The van der Waals surface area contributed by atoms with Crippen molar-refractivity contribution in [1.29, 1.82) is 0 Å². The molecule has 10 heteroatoms. The summed E-state index contributed by atoms with van der Waals surface area (Å²) in [7, 11) is 1.50. The van der Waals surface area contributed by atoms with Crippen molar-refractivity contribution in [2.24, 2.45) is 5.92 Å². The van der Waals surface area contributed by atoms with E-state index in [-0.39, 0.29) is 24.4 Å². The molecule has 2 atom stereocenters. The number of hydrogen-bond acceptors (Lipinski definition) is 6. The third-order valence-corrected chi connectivity index (χ3v) is 4.02. The van der Waals surface area contributed by atoms with Gasteiger partial charge in [0.2, 0.25) is 5.91 Å². The number of amides is 3. The van der Waals surface area contributed by atoms with Gasteiger partial charge in [0.25, 0.3) is 0 Å². The van der Waals surface area contributed by atoms with E-state index in [4.69, 9.17) is 4.74 Å². The molecule has 2 heterocycles. The van der Waals surface area contributed by atoms with Gasteiger partial charge in [-0.25, -0.2) is 4.68 Å². The van der Waals surface area contributed by atoms with Gasteiger partial charge in [-0.15, -0.1) is 0 Å². The number of carbonyl (C=O) groups excluding carboxylic acids is 3. The van der Waals surface area contributed by atoms with Gasteiger partial charge in [-0.05, 0) is 12.8 Å². The fraction of sp³-hybridized carbons (Fsp3) is 0.625. The topological polar surface area (TPSA) is 126 Å². The van der Waals surface area contributed by atoms with Crippen LogP contribution < -0.4 is 21.3 Å². The highest BCUT2D eigenvalue weighted by molar-refractivity contribution is 6.39. The molecule has 10 nitrogen and oxygen atoms in total. The van der Waals surface area contributed by atoms with Crippen LogP contribution in [0.2, 0.25) is 0 Å². The number of rotatable bonds is 6. The highest BCUT2D eigenvalue weighted by Gasteiger charge is 2.30. The second-order valence-corrected chi connectivity index (χ2v) is 6.51. The van der Waals surface area contributed by atoms with E-state index in [0.717, 1.165) is 0 Å². The molecule has 2 rings (SSSR count). The Morgan fingerprint density at radius 2 is 2.15 bits per heavy atom. The SMILES string of the molecule is COCCNC(=O)C(=O)Nc1cc(C)nn1C1NC(=O)CC(C(C)C)N1. The van der Waals surface area contributed by atoms with Gasteiger partial charge in [-0.3, -0.25) is 19.7 Å². The van der Waals surface area contributed by atoms with Crippen LogP contribution in [0.15, 0.2) is 6.07 Å². The molecule has 0 aliphatic carbocycles. The summed E-state index contributed by atoms with van der Waals surface area (Å²) < 4.78 is 6.28. The lowest BCUT2D eigenvalue weighted by Crippen LogP contribution is -2.55. The molecule has 1 saturated heterocycles. The summed E-state index contributed by atoms with van der Waals surface area (Å²) in [5.74, 6) is -1.12. The summed E-state index contributed by atoms with van der Waals surface area (Å²) in [6.07, 6.45) is -0.234. The molecular weight excluding hydrogens is 340 g/mol. The Bertz CT molecular complexity index is 672. The Labute approximate surface area is 152 Å². The lowest BCUT2D eigenvalue weighted by atomic mass is 9.99. The molecular formula is C16H26N6O4. The first-order valence-corrected chi connectivity index (χ1v) is 8.51. The third-order valence-electron chi connectivity index (χ3n) is 4.02. The lowest BCUT2D eigenvalue weighted by Gasteiger charge is -2.34. The van der Waals surface area contributed by atoms with Gasteiger partial charge in [-0.2, -0.15) is 5.10 Å². The summed E-state index contributed by atoms with van der Waals surface area (Å²) in [5.41, 5.74) is 0.641. The normalized spacial score (nSPS) is 20.0. The molecule has 0 spiro atoms. The van der Waals surface area contributed by atoms with Gasteiger partial charge >= 0.3 is 11.8 Å². The number of nitrogens with zero attached hydrogens (tertiary/aromatic N) is 2. The molecule has 0 radical (unpaired) electrons. The van der Waals surface area contributed by atoms with Crippen molar-refractivity contribution in [3.8, 4) is 0 Å². The van der Waals surface area contributed by atoms with Gasteiger partial charge < -0.3 is 20.7 Å². The van der Waals surface area contributed by atoms with Gasteiger partial charge in [0.15, 0.2) is 6.29 Å². The zero-order valence-corrected chi connectivity index (χ0v) is 15.5. The van der Waals surface area contributed by atoms with E-state index in [1.165, 1.54) is 11.8 Å². The van der Waals surface area contributed by atoms with Crippen LogP contribution >= 0.6 is 0 Å². The molecule has 4 N–H and O–H groups in total. The maximum Gasteiger partial charge on any atom is 0.314 e. The number of carbonyl (C=O) groups is 3. The quantitative estimate of drug-likeness (QED) is 0.397. The standard InChI is InChI=1S/C16H26N6O4/c1-9(2)11-8-13(23)20-16(18-11)22-12(7-10(3)21-22)19-15(25)14(24)17-5-6-26-4/h7,9,11,16,18H,5-6,8H2,1-4H3,(H,17,24)(H,19,25)(H,20,23). The first kappa shape index (κ1) is 19.9. The Balaban J connectivity index is 2.10. The zero-order valence-electron chi connectivity index (χ0n) is 15.5. The molecule has 144 valence electrons. The van der Waals surface area contributed by atoms with Gasteiger partial charge in [0.1, 0.15) is 5.82 Å². The molecule has 1 aromatic heterocycles.